The number of pyridine rings is 1. The number of thioether (sulfide) groups is 1. The molecule has 0 saturated heterocycles. The number of hydrogen-bond donors (Lipinski definition) is 1. The summed E-state index contributed by atoms with van der Waals surface area (Å²) in [4.78, 5) is 5.60. The first-order valence-electron chi connectivity index (χ1n) is 5.29. The van der Waals surface area contributed by atoms with Gasteiger partial charge in [0.15, 0.2) is 0 Å². The molecular weight excluding hydrogens is 328 g/mol. The maximum atomic E-state index is 5.38. The van der Waals surface area contributed by atoms with Crippen molar-refractivity contribution in [3.63, 3.8) is 0 Å². The average molecular weight is 339 g/mol. The van der Waals surface area contributed by atoms with Crippen molar-refractivity contribution in [2.24, 2.45) is 5.73 Å². The highest BCUT2D eigenvalue weighted by Gasteiger charge is 2.03. The number of rotatable bonds is 3. The van der Waals surface area contributed by atoms with Crippen LogP contribution in [0.5, 0.6) is 0 Å². The molecule has 0 aromatic carbocycles. The van der Waals surface area contributed by atoms with Gasteiger partial charge < -0.3 is 5.73 Å². The molecule has 2 N–H and O–H groups in total. The standard InChI is InChI=1S/C13H11BrN2S2/c14-11-3-4-13(16-8-11)18-9-12-10(2-1-6-15)5-7-17-12/h3-5,7-8H,6,9,15H2. The van der Waals surface area contributed by atoms with Crippen molar-refractivity contribution < 1.29 is 0 Å². The summed E-state index contributed by atoms with van der Waals surface area (Å²) in [6, 6.07) is 6.05. The topological polar surface area (TPSA) is 38.9 Å². The molecule has 0 aliphatic carbocycles. The van der Waals surface area contributed by atoms with Crippen molar-refractivity contribution in [2.75, 3.05) is 6.54 Å². The largest absolute Gasteiger partial charge is 0.320 e. The predicted molar refractivity (Wildman–Crippen MR) is 81.7 cm³/mol. The Balaban J connectivity index is 2.02. The third kappa shape index (κ3) is 3.85. The van der Waals surface area contributed by atoms with Crippen LogP contribution in [0.4, 0.5) is 0 Å². The van der Waals surface area contributed by atoms with E-state index in [0.717, 1.165) is 20.8 Å². The lowest BCUT2D eigenvalue weighted by atomic mass is 10.3. The molecule has 0 unspecified atom stereocenters. The van der Waals surface area contributed by atoms with Gasteiger partial charge in [-0.05, 0) is 39.5 Å². The van der Waals surface area contributed by atoms with Gasteiger partial charge >= 0.3 is 0 Å². The van der Waals surface area contributed by atoms with Gasteiger partial charge in [-0.2, -0.15) is 0 Å². The average Bonchev–Trinajstić information content (AvgIpc) is 2.83. The number of aromatic nitrogens is 1. The van der Waals surface area contributed by atoms with Gasteiger partial charge in [0.05, 0.1) is 11.6 Å². The summed E-state index contributed by atoms with van der Waals surface area (Å²) in [5.41, 5.74) is 6.46. The molecule has 2 rings (SSSR count). The highest BCUT2D eigenvalue weighted by Crippen LogP contribution is 2.26. The molecule has 0 atom stereocenters. The van der Waals surface area contributed by atoms with E-state index in [1.807, 2.05) is 24.4 Å². The van der Waals surface area contributed by atoms with E-state index in [0.29, 0.717) is 6.54 Å². The zero-order chi connectivity index (χ0) is 12.8. The van der Waals surface area contributed by atoms with E-state index in [1.54, 1.807) is 23.1 Å². The SMILES string of the molecule is NCC#Cc1ccsc1CSc1ccc(Br)cn1. The van der Waals surface area contributed by atoms with Crippen LogP contribution in [-0.4, -0.2) is 11.5 Å². The molecule has 0 aliphatic heterocycles. The molecule has 0 radical (unpaired) electrons. The summed E-state index contributed by atoms with van der Waals surface area (Å²) in [6.45, 7) is 0.400. The third-order valence-electron chi connectivity index (χ3n) is 2.12. The van der Waals surface area contributed by atoms with Crippen molar-refractivity contribution in [1.82, 2.24) is 4.98 Å². The maximum absolute atomic E-state index is 5.38. The maximum Gasteiger partial charge on any atom is 0.0964 e. The van der Waals surface area contributed by atoms with Gasteiger partial charge in [0.25, 0.3) is 0 Å². The fourth-order valence-corrected chi connectivity index (χ4v) is 3.32. The number of hydrogen-bond acceptors (Lipinski definition) is 4. The van der Waals surface area contributed by atoms with Crippen molar-refractivity contribution >= 4 is 39.0 Å². The fraction of sp³-hybridized carbons (Fsp3) is 0.154. The summed E-state index contributed by atoms with van der Waals surface area (Å²) in [5.74, 6) is 6.87. The quantitative estimate of drug-likeness (QED) is 0.687. The van der Waals surface area contributed by atoms with Crippen LogP contribution in [0.15, 0.2) is 39.3 Å². The lowest BCUT2D eigenvalue weighted by Crippen LogP contribution is -1.93. The molecule has 18 heavy (non-hydrogen) atoms. The van der Waals surface area contributed by atoms with Gasteiger partial charge in [-0.25, -0.2) is 4.98 Å². The van der Waals surface area contributed by atoms with Gasteiger partial charge in [0.2, 0.25) is 0 Å². The lowest BCUT2D eigenvalue weighted by Gasteiger charge is -2.00. The first kappa shape index (κ1) is 13.6. The van der Waals surface area contributed by atoms with E-state index < -0.39 is 0 Å². The summed E-state index contributed by atoms with van der Waals surface area (Å²) in [6.07, 6.45) is 1.81. The zero-order valence-electron chi connectivity index (χ0n) is 9.52. The molecule has 0 saturated carbocycles. The second-order valence-electron chi connectivity index (χ2n) is 3.37. The minimum absolute atomic E-state index is 0.400. The summed E-state index contributed by atoms with van der Waals surface area (Å²) < 4.78 is 0.998. The Hall–Kier alpha value is -0.800. The highest BCUT2D eigenvalue weighted by molar-refractivity contribution is 9.10. The molecule has 0 bridgehead atoms. The Labute approximate surface area is 123 Å². The molecular formula is C13H11BrN2S2. The Morgan fingerprint density at radius 1 is 1.39 bits per heavy atom. The number of nitrogens with two attached hydrogens (primary N) is 1. The third-order valence-corrected chi connectivity index (χ3v) is 4.66. The second-order valence-corrected chi connectivity index (χ2v) is 6.28. The van der Waals surface area contributed by atoms with Gasteiger partial charge in [0.1, 0.15) is 0 Å². The van der Waals surface area contributed by atoms with E-state index in [-0.39, 0.29) is 0 Å². The van der Waals surface area contributed by atoms with Crippen molar-refractivity contribution in [1.29, 1.82) is 0 Å². The molecule has 2 aromatic heterocycles. The van der Waals surface area contributed by atoms with Gasteiger partial charge in [-0.1, -0.05) is 11.8 Å². The predicted octanol–water partition coefficient (Wildman–Crippen LogP) is 3.51. The number of nitrogens with zero attached hydrogens (tertiary/aromatic N) is 1. The Morgan fingerprint density at radius 2 is 2.28 bits per heavy atom. The molecule has 0 amide bonds. The monoisotopic (exact) mass is 338 g/mol. The summed E-state index contributed by atoms with van der Waals surface area (Å²) in [7, 11) is 0. The fourth-order valence-electron chi connectivity index (χ4n) is 1.30. The van der Waals surface area contributed by atoms with Crippen LogP contribution in [0.3, 0.4) is 0 Å². The van der Waals surface area contributed by atoms with Crippen LogP contribution >= 0.6 is 39.0 Å². The smallest absolute Gasteiger partial charge is 0.0964 e. The molecule has 2 heterocycles. The lowest BCUT2D eigenvalue weighted by molar-refractivity contribution is 1.12. The summed E-state index contributed by atoms with van der Waals surface area (Å²) in [5, 5.41) is 3.08. The molecule has 92 valence electrons. The van der Waals surface area contributed by atoms with Gasteiger partial charge in [-0.3, -0.25) is 0 Å². The van der Waals surface area contributed by atoms with Crippen molar-refractivity contribution in [3.8, 4) is 11.8 Å². The highest BCUT2D eigenvalue weighted by atomic mass is 79.9. The molecule has 2 nitrogen and oxygen atoms in total. The number of halogens is 1. The Kier molecular flexibility index (Phi) is 5.26. The zero-order valence-corrected chi connectivity index (χ0v) is 12.7. The van der Waals surface area contributed by atoms with Crippen LogP contribution in [0, 0.1) is 11.8 Å². The molecule has 2 aromatic rings. The normalized spacial score (nSPS) is 9.89. The minimum Gasteiger partial charge on any atom is -0.320 e. The molecule has 0 fully saturated rings. The first-order valence-corrected chi connectivity index (χ1v) is 7.95. The Morgan fingerprint density at radius 3 is 3.00 bits per heavy atom. The van der Waals surface area contributed by atoms with E-state index in [4.69, 9.17) is 5.73 Å². The molecule has 5 heteroatoms. The van der Waals surface area contributed by atoms with E-state index in [9.17, 15) is 0 Å². The molecule has 0 spiro atoms. The van der Waals surface area contributed by atoms with Crippen LogP contribution in [0.25, 0.3) is 0 Å². The van der Waals surface area contributed by atoms with E-state index in [1.165, 1.54) is 4.88 Å². The second kappa shape index (κ2) is 6.95. The van der Waals surface area contributed by atoms with Crippen LogP contribution < -0.4 is 5.73 Å². The molecule has 0 aliphatic rings. The Bertz CT molecular complexity index is 567. The number of thiophene rings is 1. The van der Waals surface area contributed by atoms with Crippen LogP contribution in [0.2, 0.25) is 0 Å². The van der Waals surface area contributed by atoms with Gasteiger partial charge in [-0.15, -0.1) is 23.1 Å². The summed E-state index contributed by atoms with van der Waals surface area (Å²) >= 11 is 6.81. The van der Waals surface area contributed by atoms with Crippen molar-refractivity contribution in [3.05, 3.63) is 44.7 Å². The van der Waals surface area contributed by atoms with Crippen LogP contribution in [-0.2, 0) is 5.75 Å². The first-order chi connectivity index (χ1) is 8.79. The van der Waals surface area contributed by atoms with E-state index >= 15 is 0 Å². The van der Waals surface area contributed by atoms with Crippen molar-refractivity contribution in [2.45, 2.75) is 10.8 Å². The van der Waals surface area contributed by atoms with Crippen LogP contribution in [0.1, 0.15) is 10.4 Å². The van der Waals surface area contributed by atoms with Gasteiger partial charge in [0, 0.05) is 26.9 Å². The minimum atomic E-state index is 0.400. The van der Waals surface area contributed by atoms with E-state index in [2.05, 4.69) is 38.1 Å².